The predicted octanol–water partition coefficient (Wildman–Crippen LogP) is 8.83. The maximum atomic E-state index is 11.3. The molecule has 34 heavy (non-hydrogen) atoms. The molecule has 3 heteroatoms. The van der Waals surface area contributed by atoms with Crippen molar-refractivity contribution < 1.29 is 10.2 Å². The van der Waals surface area contributed by atoms with Crippen LogP contribution < -0.4 is 4.90 Å². The van der Waals surface area contributed by atoms with Crippen molar-refractivity contribution in [2.45, 2.75) is 125 Å². The molecule has 2 N–H and O–H groups in total. The number of nitrogens with zero attached hydrogens (tertiary/aromatic N) is 1. The third kappa shape index (κ3) is 5.73. The van der Waals surface area contributed by atoms with Gasteiger partial charge in [0.05, 0.1) is 0 Å². The van der Waals surface area contributed by atoms with E-state index in [1.165, 1.54) is 0 Å². The molecule has 0 amide bonds. The number of phenolic OH excluding ortho intramolecular Hbond substituents is 2. The van der Waals surface area contributed by atoms with E-state index < -0.39 is 0 Å². The van der Waals surface area contributed by atoms with Gasteiger partial charge in [-0.05, 0) is 59.8 Å². The van der Waals surface area contributed by atoms with Gasteiger partial charge in [-0.1, -0.05) is 83.1 Å². The fourth-order valence-electron chi connectivity index (χ4n) is 4.55. The van der Waals surface area contributed by atoms with Crippen molar-refractivity contribution in [2.75, 3.05) is 4.90 Å². The zero-order chi connectivity index (χ0) is 26.6. The molecule has 3 nitrogen and oxygen atoms in total. The predicted molar refractivity (Wildman–Crippen MR) is 148 cm³/mol. The lowest BCUT2D eigenvalue weighted by molar-refractivity contribution is 0.423. The lowest BCUT2D eigenvalue weighted by atomic mass is 9.78. The normalized spacial score (nSPS) is 13.5. The van der Waals surface area contributed by atoms with Crippen LogP contribution in [-0.2, 0) is 21.7 Å². The molecule has 2 aromatic carbocycles. The Morgan fingerprint density at radius 1 is 0.500 bits per heavy atom. The zero-order valence-electron chi connectivity index (χ0n) is 24.2. The van der Waals surface area contributed by atoms with Gasteiger partial charge in [-0.2, -0.15) is 0 Å². The van der Waals surface area contributed by atoms with Crippen molar-refractivity contribution in [3.05, 3.63) is 46.5 Å². The number of hydrogen-bond donors (Lipinski definition) is 2. The average molecular weight is 468 g/mol. The lowest BCUT2D eigenvalue weighted by Gasteiger charge is -2.36. The quantitative estimate of drug-likeness (QED) is 0.474. The number of rotatable bonds is 3. The van der Waals surface area contributed by atoms with Gasteiger partial charge in [-0.15, -0.1) is 0 Å². The molecule has 2 aromatic rings. The third-order valence-corrected chi connectivity index (χ3v) is 6.49. The molecule has 0 spiro atoms. The van der Waals surface area contributed by atoms with E-state index in [4.69, 9.17) is 0 Å². The standard InChI is InChI=1S/C31H49NO2/c1-19(2)32(20-15-22(28(3,4)5)26(33)23(16-20)29(6,7)8)21-17-24(30(9,10)11)27(34)25(18-21)31(12,13)14/h15-19,33-34H,1-14H3. The monoisotopic (exact) mass is 467 g/mol. The highest BCUT2D eigenvalue weighted by Crippen LogP contribution is 2.46. The average Bonchev–Trinajstić information content (AvgIpc) is 2.59. The first-order chi connectivity index (χ1) is 15.1. The van der Waals surface area contributed by atoms with Crippen LogP contribution in [0.1, 0.15) is 119 Å². The summed E-state index contributed by atoms with van der Waals surface area (Å²) in [7, 11) is 0. The summed E-state index contributed by atoms with van der Waals surface area (Å²) < 4.78 is 0. The van der Waals surface area contributed by atoms with Crippen molar-refractivity contribution in [3.8, 4) is 11.5 Å². The molecule has 0 radical (unpaired) electrons. The van der Waals surface area contributed by atoms with Gasteiger partial charge < -0.3 is 15.1 Å². The number of benzene rings is 2. The van der Waals surface area contributed by atoms with E-state index in [9.17, 15) is 10.2 Å². The zero-order valence-corrected chi connectivity index (χ0v) is 24.2. The molecule has 0 aliphatic rings. The summed E-state index contributed by atoms with van der Waals surface area (Å²) in [5, 5.41) is 22.5. The Kier molecular flexibility index (Phi) is 7.27. The molecule has 0 bridgehead atoms. The lowest BCUT2D eigenvalue weighted by Crippen LogP contribution is -2.28. The van der Waals surface area contributed by atoms with E-state index >= 15 is 0 Å². The van der Waals surface area contributed by atoms with Crippen LogP contribution in [0.3, 0.4) is 0 Å². The van der Waals surface area contributed by atoms with Crippen molar-refractivity contribution in [1.29, 1.82) is 0 Å². The molecular weight excluding hydrogens is 418 g/mol. The summed E-state index contributed by atoms with van der Waals surface area (Å²) in [5.41, 5.74) is 5.11. The molecule has 0 saturated heterocycles. The van der Waals surface area contributed by atoms with Gasteiger partial charge in [0.15, 0.2) is 0 Å². The Balaban J connectivity index is 2.98. The maximum Gasteiger partial charge on any atom is 0.123 e. The van der Waals surface area contributed by atoms with Crippen molar-refractivity contribution >= 4 is 11.4 Å². The second kappa shape index (κ2) is 8.81. The summed E-state index contributed by atoms with van der Waals surface area (Å²) in [5.74, 6) is 0.785. The minimum Gasteiger partial charge on any atom is -0.507 e. The Morgan fingerprint density at radius 3 is 0.853 bits per heavy atom. The van der Waals surface area contributed by atoms with Gasteiger partial charge in [-0.3, -0.25) is 0 Å². The molecule has 0 heterocycles. The molecule has 2 rings (SSSR count). The highest BCUT2D eigenvalue weighted by atomic mass is 16.3. The van der Waals surface area contributed by atoms with Crippen LogP contribution in [0.2, 0.25) is 0 Å². The second-order valence-electron chi connectivity index (χ2n) is 14.2. The van der Waals surface area contributed by atoms with E-state index in [0.717, 1.165) is 33.6 Å². The van der Waals surface area contributed by atoms with Crippen molar-refractivity contribution in [1.82, 2.24) is 0 Å². The van der Waals surface area contributed by atoms with Crippen LogP contribution in [-0.4, -0.2) is 16.3 Å². The molecule has 0 aromatic heterocycles. The molecule has 0 atom stereocenters. The summed E-state index contributed by atoms with van der Waals surface area (Å²) in [6, 6.07) is 8.75. The number of hydrogen-bond acceptors (Lipinski definition) is 3. The van der Waals surface area contributed by atoms with E-state index in [-0.39, 0.29) is 27.7 Å². The maximum absolute atomic E-state index is 11.3. The number of aromatic hydroxyl groups is 2. The molecule has 0 fully saturated rings. The number of anilines is 2. The molecule has 0 unspecified atom stereocenters. The molecular formula is C31H49NO2. The molecule has 0 aliphatic carbocycles. The van der Waals surface area contributed by atoms with Crippen molar-refractivity contribution in [3.63, 3.8) is 0 Å². The van der Waals surface area contributed by atoms with Gasteiger partial charge in [0.2, 0.25) is 0 Å². The van der Waals surface area contributed by atoms with Crippen LogP contribution in [0.15, 0.2) is 24.3 Å². The van der Waals surface area contributed by atoms with Crippen LogP contribution in [0.4, 0.5) is 11.4 Å². The highest BCUT2D eigenvalue weighted by Gasteiger charge is 2.31. The number of phenols is 2. The van der Waals surface area contributed by atoms with E-state index in [2.05, 4.69) is 126 Å². The highest BCUT2D eigenvalue weighted by molar-refractivity contribution is 5.72. The Morgan fingerprint density at radius 2 is 0.706 bits per heavy atom. The first-order valence-electron chi connectivity index (χ1n) is 12.6. The van der Waals surface area contributed by atoms with Crippen LogP contribution in [0.25, 0.3) is 0 Å². The summed E-state index contributed by atoms with van der Waals surface area (Å²) in [6.07, 6.45) is 0. The summed E-state index contributed by atoms with van der Waals surface area (Å²) in [4.78, 5) is 2.34. The molecule has 190 valence electrons. The SMILES string of the molecule is CC(C)N(c1cc(C(C)(C)C)c(O)c(C(C)(C)C)c1)c1cc(C(C)(C)C)c(O)c(C(C)(C)C)c1. The van der Waals surface area contributed by atoms with Gasteiger partial charge in [0, 0.05) is 39.7 Å². The third-order valence-electron chi connectivity index (χ3n) is 6.49. The van der Waals surface area contributed by atoms with Gasteiger partial charge in [-0.25, -0.2) is 0 Å². The van der Waals surface area contributed by atoms with E-state index in [1.807, 2.05) is 0 Å². The van der Waals surface area contributed by atoms with Gasteiger partial charge >= 0.3 is 0 Å². The van der Waals surface area contributed by atoms with Crippen molar-refractivity contribution in [2.24, 2.45) is 0 Å². The Bertz CT molecular complexity index is 884. The second-order valence-corrected chi connectivity index (χ2v) is 14.2. The molecule has 0 aliphatic heterocycles. The first-order valence-corrected chi connectivity index (χ1v) is 12.6. The Hall–Kier alpha value is -2.16. The van der Waals surface area contributed by atoms with Gasteiger partial charge in [0.1, 0.15) is 11.5 Å². The van der Waals surface area contributed by atoms with Crippen LogP contribution in [0.5, 0.6) is 11.5 Å². The van der Waals surface area contributed by atoms with E-state index in [0.29, 0.717) is 11.5 Å². The van der Waals surface area contributed by atoms with Crippen LogP contribution in [0, 0.1) is 0 Å². The topological polar surface area (TPSA) is 43.7 Å². The van der Waals surface area contributed by atoms with Gasteiger partial charge in [0.25, 0.3) is 0 Å². The fraction of sp³-hybridized carbons (Fsp3) is 0.613. The smallest absolute Gasteiger partial charge is 0.123 e. The summed E-state index contributed by atoms with van der Waals surface area (Å²) in [6.45, 7) is 30.2. The Labute approximate surface area is 209 Å². The minimum atomic E-state index is -0.204. The molecule has 0 saturated carbocycles. The van der Waals surface area contributed by atoms with Crippen LogP contribution >= 0.6 is 0 Å². The first kappa shape index (κ1) is 28.1. The van der Waals surface area contributed by atoms with E-state index in [1.54, 1.807) is 0 Å². The minimum absolute atomic E-state index is 0.176. The largest absolute Gasteiger partial charge is 0.507 e. The summed E-state index contributed by atoms with van der Waals surface area (Å²) >= 11 is 0. The fourth-order valence-corrected chi connectivity index (χ4v) is 4.55.